The van der Waals surface area contributed by atoms with Crippen LogP contribution in [0.5, 0.6) is 0 Å². The second kappa shape index (κ2) is 5.26. The van der Waals surface area contributed by atoms with E-state index in [0.29, 0.717) is 37.8 Å². The number of carbonyl (C=O) groups is 2. The summed E-state index contributed by atoms with van der Waals surface area (Å²) in [6.45, 7) is 4.09. The Labute approximate surface area is 117 Å². The SMILES string of the molecule is CC(=O)N1CCCN(C(=O)c2cc(C3CC3)on2)CC1. The first-order chi connectivity index (χ1) is 9.65. The van der Waals surface area contributed by atoms with E-state index >= 15 is 0 Å². The molecule has 2 heterocycles. The van der Waals surface area contributed by atoms with Gasteiger partial charge in [0.25, 0.3) is 5.91 Å². The summed E-state index contributed by atoms with van der Waals surface area (Å²) >= 11 is 0. The molecule has 108 valence electrons. The van der Waals surface area contributed by atoms with Crippen LogP contribution >= 0.6 is 0 Å². The van der Waals surface area contributed by atoms with Gasteiger partial charge in [-0.1, -0.05) is 5.16 Å². The average Bonchev–Trinajstić information content (AvgIpc) is 3.21. The maximum atomic E-state index is 12.4. The van der Waals surface area contributed by atoms with E-state index in [-0.39, 0.29) is 11.8 Å². The molecule has 0 bridgehead atoms. The van der Waals surface area contributed by atoms with Crippen molar-refractivity contribution in [2.75, 3.05) is 26.2 Å². The van der Waals surface area contributed by atoms with Gasteiger partial charge < -0.3 is 14.3 Å². The van der Waals surface area contributed by atoms with Crippen LogP contribution in [0.1, 0.15) is 48.4 Å². The number of amides is 2. The van der Waals surface area contributed by atoms with Gasteiger partial charge in [0, 0.05) is 45.1 Å². The van der Waals surface area contributed by atoms with Gasteiger partial charge in [-0.05, 0) is 19.3 Å². The van der Waals surface area contributed by atoms with Gasteiger partial charge >= 0.3 is 0 Å². The molecule has 2 aliphatic rings. The molecule has 1 aliphatic heterocycles. The molecule has 2 amide bonds. The Kier molecular flexibility index (Phi) is 3.46. The number of carbonyl (C=O) groups excluding carboxylic acids is 2. The second-order valence-corrected chi connectivity index (χ2v) is 5.54. The minimum Gasteiger partial charge on any atom is -0.360 e. The van der Waals surface area contributed by atoms with E-state index in [1.54, 1.807) is 22.8 Å². The van der Waals surface area contributed by atoms with Gasteiger partial charge in [-0.15, -0.1) is 0 Å². The highest BCUT2D eigenvalue weighted by Crippen LogP contribution is 2.40. The summed E-state index contributed by atoms with van der Waals surface area (Å²) in [5.74, 6) is 1.26. The van der Waals surface area contributed by atoms with Gasteiger partial charge in [-0.2, -0.15) is 0 Å². The lowest BCUT2D eigenvalue weighted by Crippen LogP contribution is -2.36. The molecule has 0 radical (unpaired) electrons. The summed E-state index contributed by atoms with van der Waals surface area (Å²) < 4.78 is 5.23. The van der Waals surface area contributed by atoms with Crippen LogP contribution in [-0.4, -0.2) is 52.9 Å². The summed E-state index contributed by atoms with van der Waals surface area (Å²) in [6, 6.07) is 1.77. The predicted octanol–water partition coefficient (Wildman–Crippen LogP) is 1.25. The number of hydrogen-bond acceptors (Lipinski definition) is 4. The first kappa shape index (κ1) is 13.1. The van der Waals surface area contributed by atoms with Crippen LogP contribution in [0.2, 0.25) is 0 Å². The number of rotatable bonds is 2. The molecule has 6 nitrogen and oxygen atoms in total. The van der Waals surface area contributed by atoms with Gasteiger partial charge in [0.2, 0.25) is 5.91 Å². The lowest BCUT2D eigenvalue weighted by Gasteiger charge is -2.20. The molecule has 1 aliphatic carbocycles. The second-order valence-electron chi connectivity index (χ2n) is 5.54. The molecule has 0 atom stereocenters. The summed E-state index contributed by atoms with van der Waals surface area (Å²) in [6.07, 6.45) is 3.05. The Hall–Kier alpha value is -1.85. The predicted molar refractivity (Wildman–Crippen MR) is 71.3 cm³/mol. The van der Waals surface area contributed by atoms with E-state index in [9.17, 15) is 9.59 Å². The molecule has 3 rings (SSSR count). The van der Waals surface area contributed by atoms with E-state index in [2.05, 4.69) is 5.16 Å². The molecule has 0 N–H and O–H groups in total. The van der Waals surface area contributed by atoms with Crippen LogP contribution in [-0.2, 0) is 4.79 Å². The molecule has 1 aromatic heterocycles. The fourth-order valence-corrected chi connectivity index (χ4v) is 2.55. The topological polar surface area (TPSA) is 66.7 Å². The average molecular weight is 277 g/mol. The van der Waals surface area contributed by atoms with Gasteiger partial charge in [-0.25, -0.2) is 0 Å². The van der Waals surface area contributed by atoms with Crippen molar-refractivity contribution >= 4 is 11.8 Å². The normalized spacial score (nSPS) is 19.9. The highest BCUT2D eigenvalue weighted by atomic mass is 16.5. The maximum Gasteiger partial charge on any atom is 0.276 e. The Bertz CT molecular complexity index is 521. The Morgan fingerprint density at radius 3 is 2.60 bits per heavy atom. The van der Waals surface area contributed by atoms with Crippen molar-refractivity contribution in [2.24, 2.45) is 0 Å². The zero-order valence-corrected chi connectivity index (χ0v) is 11.7. The van der Waals surface area contributed by atoms with Crippen LogP contribution in [0.4, 0.5) is 0 Å². The molecule has 0 spiro atoms. The molecule has 1 saturated carbocycles. The molecular weight excluding hydrogens is 258 g/mol. The lowest BCUT2D eigenvalue weighted by atomic mass is 10.2. The van der Waals surface area contributed by atoms with E-state index in [1.165, 1.54) is 0 Å². The minimum atomic E-state index is -0.0916. The maximum absolute atomic E-state index is 12.4. The van der Waals surface area contributed by atoms with Crippen LogP contribution in [0.3, 0.4) is 0 Å². The first-order valence-corrected chi connectivity index (χ1v) is 7.16. The minimum absolute atomic E-state index is 0.0664. The first-order valence-electron chi connectivity index (χ1n) is 7.16. The monoisotopic (exact) mass is 277 g/mol. The van der Waals surface area contributed by atoms with Crippen molar-refractivity contribution < 1.29 is 14.1 Å². The van der Waals surface area contributed by atoms with Crippen molar-refractivity contribution in [1.29, 1.82) is 0 Å². The molecular formula is C14H19N3O3. The summed E-state index contributed by atoms with van der Waals surface area (Å²) in [5, 5.41) is 3.89. The van der Waals surface area contributed by atoms with E-state index < -0.39 is 0 Å². The van der Waals surface area contributed by atoms with Crippen LogP contribution in [0, 0.1) is 0 Å². The van der Waals surface area contributed by atoms with Crippen LogP contribution < -0.4 is 0 Å². The van der Waals surface area contributed by atoms with Gasteiger partial charge in [-0.3, -0.25) is 9.59 Å². The van der Waals surface area contributed by atoms with Crippen molar-refractivity contribution in [2.45, 2.75) is 32.1 Å². The highest BCUT2D eigenvalue weighted by Gasteiger charge is 2.30. The molecule has 1 saturated heterocycles. The molecule has 0 aromatic carbocycles. The van der Waals surface area contributed by atoms with Crippen LogP contribution in [0.25, 0.3) is 0 Å². The molecule has 20 heavy (non-hydrogen) atoms. The fourth-order valence-electron chi connectivity index (χ4n) is 2.55. The van der Waals surface area contributed by atoms with E-state index in [0.717, 1.165) is 25.0 Å². The zero-order chi connectivity index (χ0) is 14.1. The molecule has 6 heteroatoms. The van der Waals surface area contributed by atoms with Gasteiger partial charge in [0.05, 0.1) is 0 Å². The fraction of sp³-hybridized carbons (Fsp3) is 0.643. The lowest BCUT2D eigenvalue weighted by molar-refractivity contribution is -0.128. The van der Waals surface area contributed by atoms with E-state index in [4.69, 9.17) is 4.52 Å². The smallest absolute Gasteiger partial charge is 0.276 e. The van der Waals surface area contributed by atoms with Crippen molar-refractivity contribution in [3.8, 4) is 0 Å². The Morgan fingerprint density at radius 1 is 1.20 bits per heavy atom. The van der Waals surface area contributed by atoms with Crippen LogP contribution in [0.15, 0.2) is 10.6 Å². The zero-order valence-electron chi connectivity index (χ0n) is 11.7. The summed E-state index contributed by atoms with van der Waals surface area (Å²) in [7, 11) is 0. The molecule has 1 aromatic rings. The van der Waals surface area contributed by atoms with E-state index in [1.807, 2.05) is 0 Å². The standard InChI is InChI=1S/C14H19N3O3/c1-10(18)16-5-2-6-17(8-7-16)14(19)12-9-13(20-15-12)11-3-4-11/h9,11H,2-8H2,1H3. The number of hydrogen-bond donors (Lipinski definition) is 0. The largest absolute Gasteiger partial charge is 0.360 e. The van der Waals surface area contributed by atoms with Crippen molar-refractivity contribution in [3.63, 3.8) is 0 Å². The quantitative estimate of drug-likeness (QED) is 0.816. The third-order valence-electron chi connectivity index (χ3n) is 3.96. The van der Waals surface area contributed by atoms with Gasteiger partial charge in [0.1, 0.15) is 5.76 Å². The summed E-state index contributed by atoms with van der Waals surface area (Å²) in [5.41, 5.74) is 0.392. The number of nitrogens with zero attached hydrogens (tertiary/aromatic N) is 3. The molecule has 0 unspecified atom stereocenters. The third kappa shape index (κ3) is 2.69. The van der Waals surface area contributed by atoms with Gasteiger partial charge in [0.15, 0.2) is 5.69 Å². The van der Waals surface area contributed by atoms with Crippen molar-refractivity contribution in [1.82, 2.24) is 15.0 Å². The Balaban J connectivity index is 1.65. The van der Waals surface area contributed by atoms with Crippen molar-refractivity contribution in [3.05, 3.63) is 17.5 Å². The third-order valence-corrected chi connectivity index (χ3v) is 3.96. The molecule has 2 fully saturated rings. The highest BCUT2D eigenvalue weighted by molar-refractivity contribution is 5.92. The summed E-state index contributed by atoms with van der Waals surface area (Å²) in [4.78, 5) is 27.3. The number of aromatic nitrogens is 1. The Morgan fingerprint density at radius 2 is 1.90 bits per heavy atom.